The molecule has 0 aromatic carbocycles. The summed E-state index contributed by atoms with van der Waals surface area (Å²) >= 11 is 0. The number of hydrogen-bond donors (Lipinski definition) is 1. The molecule has 0 amide bonds. The lowest BCUT2D eigenvalue weighted by Gasteiger charge is -1.93. The van der Waals surface area contributed by atoms with E-state index in [1.54, 1.807) is 13.2 Å². The molecule has 0 atom stereocenters. The molecule has 2 aromatic heterocycles. The molecule has 1 N–H and O–H groups in total. The lowest BCUT2D eigenvalue weighted by Crippen LogP contribution is -1.91. The fourth-order valence-corrected chi connectivity index (χ4v) is 0.950. The van der Waals surface area contributed by atoms with E-state index in [2.05, 4.69) is 20.4 Å². The quantitative estimate of drug-likeness (QED) is 0.662. The van der Waals surface area contributed by atoms with Crippen molar-refractivity contribution in [3.63, 3.8) is 0 Å². The zero-order valence-corrected chi connectivity index (χ0v) is 6.92. The largest absolute Gasteiger partial charge is 0.506 e. The van der Waals surface area contributed by atoms with Gasteiger partial charge in [0.25, 0.3) is 0 Å². The third-order valence-corrected chi connectivity index (χ3v) is 1.49. The second-order valence-electron chi connectivity index (χ2n) is 2.53. The van der Waals surface area contributed by atoms with Crippen molar-refractivity contribution in [2.45, 2.75) is 0 Å². The molecule has 0 aliphatic rings. The first-order valence-corrected chi connectivity index (χ1v) is 3.64. The maximum absolute atomic E-state index is 9.14. The molecule has 0 fully saturated rings. The first kappa shape index (κ1) is 7.66. The molecule has 13 heavy (non-hydrogen) atoms. The van der Waals surface area contributed by atoms with Crippen molar-refractivity contribution in [1.29, 1.82) is 0 Å². The summed E-state index contributed by atoms with van der Waals surface area (Å²) in [6.45, 7) is 0. The van der Waals surface area contributed by atoms with Crippen molar-refractivity contribution in [3.8, 4) is 17.1 Å². The van der Waals surface area contributed by atoms with E-state index in [0.717, 1.165) is 0 Å². The predicted octanol–water partition coefficient (Wildman–Crippen LogP) is -0.0223. The third kappa shape index (κ3) is 1.46. The Morgan fingerprint density at radius 3 is 2.85 bits per heavy atom. The second kappa shape index (κ2) is 2.81. The van der Waals surface area contributed by atoms with Gasteiger partial charge in [-0.3, -0.25) is 4.98 Å². The van der Waals surface area contributed by atoms with E-state index in [4.69, 9.17) is 5.11 Å². The molecule has 66 valence electrons. The first-order chi connectivity index (χ1) is 6.25. The van der Waals surface area contributed by atoms with Crippen molar-refractivity contribution in [2.24, 2.45) is 7.05 Å². The van der Waals surface area contributed by atoms with Crippen LogP contribution in [0.2, 0.25) is 0 Å². The van der Waals surface area contributed by atoms with Gasteiger partial charge in [-0.05, 0) is 11.3 Å². The van der Waals surface area contributed by atoms with Crippen LogP contribution in [0.4, 0.5) is 0 Å². The predicted molar refractivity (Wildman–Crippen MR) is 43.7 cm³/mol. The molecule has 2 rings (SSSR count). The van der Waals surface area contributed by atoms with E-state index in [-0.39, 0.29) is 5.75 Å². The van der Waals surface area contributed by atoms with Crippen LogP contribution < -0.4 is 0 Å². The number of aryl methyl sites for hydroxylation is 1. The highest BCUT2D eigenvalue weighted by atomic mass is 16.3. The van der Waals surface area contributed by atoms with Gasteiger partial charge in [-0.15, -0.1) is 10.2 Å². The maximum atomic E-state index is 9.14. The third-order valence-electron chi connectivity index (χ3n) is 1.49. The molecule has 0 bridgehead atoms. The molecule has 0 saturated heterocycles. The number of aromatic nitrogens is 5. The van der Waals surface area contributed by atoms with Crippen LogP contribution in [0.15, 0.2) is 18.5 Å². The number of pyridine rings is 1. The molecule has 0 radical (unpaired) electrons. The van der Waals surface area contributed by atoms with Gasteiger partial charge in [-0.1, -0.05) is 0 Å². The summed E-state index contributed by atoms with van der Waals surface area (Å²) in [5, 5.41) is 20.5. The second-order valence-corrected chi connectivity index (χ2v) is 2.53. The molecule has 2 aromatic rings. The van der Waals surface area contributed by atoms with Gasteiger partial charge in [0, 0.05) is 11.8 Å². The minimum Gasteiger partial charge on any atom is -0.506 e. The molecule has 0 aliphatic heterocycles. The molecule has 2 heterocycles. The van der Waals surface area contributed by atoms with Gasteiger partial charge in [0.2, 0.25) is 5.82 Å². The fourth-order valence-electron chi connectivity index (χ4n) is 0.950. The van der Waals surface area contributed by atoms with E-state index in [1.807, 2.05) is 0 Å². The van der Waals surface area contributed by atoms with E-state index in [0.29, 0.717) is 11.4 Å². The van der Waals surface area contributed by atoms with Crippen LogP contribution in [0.5, 0.6) is 5.75 Å². The molecular formula is C7H7N5O. The zero-order valence-electron chi connectivity index (χ0n) is 6.92. The van der Waals surface area contributed by atoms with Gasteiger partial charge in [0.05, 0.1) is 13.2 Å². The van der Waals surface area contributed by atoms with Gasteiger partial charge < -0.3 is 5.11 Å². The van der Waals surface area contributed by atoms with Crippen LogP contribution in [0.3, 0.4) is 0 Å². The van der Waals surface area contributed by atoms with Crippen molar-refractivity contribution < 1.29 is 5.11 Å². The Labute approximate surface area is 73.9 Å². The van der Waals surface area contributed by atoms with Crippen LogP contribution in [-0.2, 0) is 7.05 Å². The summed E-state index contributed by atoms with van der Waals surface area (Å²) < 4.78 is 0. The maximum Gasteiger partial charge on any atom is 0.206 e. The molecule has 6 nitrogen and oxygen atoms in total. The van der Waals surface area contributed by atoms with Gasteiger partial charge in [0.1, 0.15) is 5.75 Å². The number of tetrazole rings is 1. The van der Waals surface area contributed by atoms with Gasteiger partial charge in [-0.2, -0.15) is 4.80 Å². The standard InChI is InChI=1S/C7H7N5O/c1-12-10-7(9-11-12)5-2-6(13)4-8-3-5/h2-4,13H,1H3. The number of rotatable bonds is 1. The molecular weight excluding hydrogens is 170 g/mol. The van der Waals surface area contributed by atoms with Crippen LogP contribution >= 0.6 is 0 Å². The smallest absolute Gasteiger partial charge is 0.206 e. The molecule has 0 spiro atoms. The summed E-state index contributed by atoms with van der Waals surface area (Å²) in [6.07, 6.45) is 2.91. The Morgan fingerprint density at radius 2 is 2.23 bits per heavy atom. The molecule has 0 aliphatic carbocycles. The fraction of sp³-hybridized carbons (Fsp3) is 0.143. The van der Waals surface area contributed by atoms with Crippen LogP contribution in [0, 0.1) is 0 Å². The minimum atomic E-state index is 0.0879. The lowest BCUT2D eigenvalue weighted by atomic mass is 10.3. The summed E-state index contributed by atoms with van der Waals surface area (Å²) in [6, 6.07) is 1.53. The van der Waals surface area contributed by atoms with Gasteiger partial charge in [0.15, 0.2) is 0 Å². The van der Waals surface area contributed by atoms with E-state index in [1.165, 1.54) is 17.1 Å². The Bertz CT molecular complexity index is 424. The first-order valence-electron chi connectivity index (χ1n) is 3.64. The molecule has 0 saturated carbocycles. The minimum absolute atomic E-state index is 0.0879. The summed E-state index contributed by atoms with van der Waals surface area (Å²) in [4.78, 5) is 5.15. The van der Waals surface area contributed by atoms with Crippen molar-refractivity contribution in [3.05, 3.63) is 18.5 Å². The normalized spacial score (nSPS) is 10.2. The molecule has 0 unspecified atom stereocenters. The van der Waals surface area contributed by atoms with E-state index >= 15 is 0 Å². The van der Waals surface area contributed by atoms with Gasteiger partial charge in [-0.25, -0.2) is 0 Å². The summed E-state index contributed by atoms with van der Waals surface area (Å²) in [5.41, 5.74) is 0.646. The summed E-state index contributed by atoms with van der Waals surface area (Å²) in [5.74, 6) is 0.538. The Kier molecular flexibility index (Phi) is 1.66. The monoisotopic (exact) mass is 177 g/mol. The average molecular weight is 177 g/mol. The van der Waals surface area contributed by atoms with Crippen molar-refractivity contribution in [1.82, 2.24) is 25.2 Å². The Morgan fingerprint density at radius 1 is 1.38 bits per heavy atom. The van der Waals surface area contributed by atoms with Crippen molar-refractivity contribution in [2.75, 3.05) is 0 Å². The highest BCUT2D eigenvalue weighted by Crippen LogP contribution is 2.16. The number of aromatic hydroxyl groups is 1. The Balaban J connectivity index is 2.46. The molecule has 6 heteroatoms. The van der Waals surface area contributed by atoms with Crippen LogP contribution in [0.25, 0.3) is 11.4 Å². The topological polar surface area (TPSA) is 76.7 Å². The van der Waals surface area contributed by atoms with Crippen LogP contribution in [0.1, 0.15) is 0 Å². The highest BCUT2D eigenvalue weighted by Gasteiger charge is 2.04. The van der Waals surface area contributed by atoms with Crippen molar-refractivity contribution >= 4 is 0 Å². The average Bonchev–Trinajstić information content (AvgIpc) is 2.52. The lowest BCUT2D eigenvalue weighted by molar-refractivity contribution is 0.473. The SMILES string of the molecule is Cn1nnc(-c2cncc(O)c2)n1. The van der Waals surface area contributed by atoms with E-state index in [9.17, 15) is 0 Å². The van der Waals surface area contributed by atoms with Crippen LogP contribution in [-0.4, -0.2) is 30.3 Å². The number of nitrogens with zero attached hydrogens (tertiary/aromatic N) is 5. The number of hydrogen-bond acceptors (Lipinski definition) is 5. The van der Waals surface area contributed by atoms with Gasteiger partial charge >= 0.3 is 0 Å². The Hall–Kier alpha value is -1.98. The zero-order chi connectivity index (χ0) is 9.26. The highest BCUT2D eigenvalue weighted by molar-refractivity contribution is 5.54. The van der Waals surface area contributed by atoms with E-state index < -0.39 is 0 Å². The summed E-state index contributed by atoms with van der Waals surface area (Å²) in [7, 11) is 1.67.